The maximum absolute atomic E-state index is 9.98. The van der Waals surface area contributed by atoms with Crippen LogP contribution in [0.15, 0.2) is 0 Å². The molecule has 126 valence electrons. The van der Waals surface area contributed by atoms with Gasteiger partial charge in [0.1, 0.15) is 0 Å². The van der Waals surface area contributed by atoms with E-state index in [-0.39, 0.29) is 6.10 Å². The summed E-state index contributed by atoms with van der Waals surface area (Å²) in [4.78, 5) is 0. The van der Waals surface area contributed by atoms with E-state index in [1.54, 1.807) is 0 Å². The van der Waals surface area contributed by atoms with Gasteiger partial charge >= 0.3 is 0 Å². The molecule has 1 aliphatic rings. The van der Waals surface area contributed by atoms with E-state index < -0.39 is 0 Å². The Morgan fingerprint density at radius 3 is 2.43 bits per heavy atom. The van der Waals surface area contributed by atoms with E-state index in [1.807, 2.05) is 0 Å². The molecule has 0 aromatic rings. The van der Waals surface area contributed by atoms with Crippen LogP contribution in [0.3, 0.4) is 0 Å². The Morgan fingerprint density at radius 2 is 1.90 bits per heavy atom. The molecule has 0 radical (unpaired) electrons. The standard InChI is InChI=1S/C18H37NO2/c1-5-7-8-16(6-2)12-21-13-17(20)11-19-14-18(9-10-18)15(3)4/h15-17,19-20H,5-14H2,1-4H3. The highest BCUT2D eigenvalue weighted by Gasteiger charge is 2.44. The molecule has 0 saturated heterocycles. The van der Waals surface area contributed by atoms with Crippen LogP contribution < -0.4 is 5.32 Å². The highest BCUT2D eigenvalue weighted by atomic mass is 16.5. The molecule has 0 aliphatic heterocycles. The van der Waals surface area contributed by atoms with Crippen molar-refractivity contribution in [3.63, 3.8) is 0 Å². The molecule has 1 aliphatic carbocycles. The summed E-state index contributed by atoms with van der Waals surface area (Å²) >= 11 is 0. The largest absolute Gasteiger partial charge is 0.389 e. The average Bonchev–Trinajstić information content (AvgIpc) is 3.24. The molecule has 0 heterocycles. The lowest BCUT2D eigenvalue weighted by Gasteiger charge is -2.21. The number of aliphatic hydroxyl groups excluding tert-OH is 1. The van der Waals surface area contributed by atoms with E-state index in [4.69, 9.17) is 4.74 Å². The lowest BCUT2D eigenvalue weighted by atomic mass is 9.92. The van der Waals surface area contributed by atoms with Crippen LogP contribution in [0.2, 0.25) is 0 Å². The van der Waals surface area contributed by atoms with E-state index >= 15 is 0 Å². The molecule has 1 saturated carbocycles. The Kier molecular flexibility index (Phi) is 8.84. The number of nitrogens with one attached hydrogen (secondary N) is 1. The molecule has 1 fully saturated rings. The van der Waals surface area contributed by atoms with Gasteiger partial charge in [-0.1, -0.05) is 47.0 Å². The number of hydrogen-bond donors (Lipinski definition) is 2. The smallest absolute Gasteiger partial charge is 0.0897 e. The Bertz CT molecular complexity index is 264. The van der Waals surface area contributed by atoms with Gasteiger partial charge in [0.25, 0.3) is 0 Å². The molecule has 2 atom stereocenters. The van der Waals surface area contributed by atoms with E-state index in [2.05, 4.69) is 33.0 Å². The molecule has 3 heteroatoms. The normalized spacial score (nSPS) is 19.7. The molecule has 0 aromatic heterocycles. The second-order valence-electron chi connectivity index (χ2n) is 7.26. The number of rotatable bonds is 13. The molecule has 3 nitrogen and oxygen atoms in total. The topological polar surface area (TPSA) is 41.5 Å². The van der Waals surface area contributed by atoms with Crippen LogP contribution in [0.4, 0.5) is 0 Å². The lowest BCUT2D eigenvalue weighted by molar-refractivity contribution is 0.0187. The lowest BCUT2D eigenvalue weighted by Crippen LogP contribution is -2.35. The van der Waals surface area contributed by atoms with Gasteiger partial charge in [0.2, 0.25) is 0 Å². The number of hydrogen-bond acceptors (Lipinski definition) is 3. The Morgan fingerprint density at radius 1 is 1.19 bits per heavy atom. The fourth-order valence-corrected chi connectivity index (χ4v) is 2.93. The molecule has 0 amide bonds. The Balaban J connectivity index is 2.04. The van der Waals surface area contributed by atoms with Crippen LogP contribution in [-0.4, -0.2) is 37.5 Å². The highest BCUT2D eigenvalue weighted by molar-refractivity contribution is 4.97. The van der Waals surface area contributed by atoms with Gasteiger partial charge in [-0.3, -0.25) is 0 Å². The summed E-state index contributed by atoms with van der Waals surface area (Å²) < 4.78 is 5.70. The first-order valence-corrected chi connectivity index (χ1v) is 9.00. The molecule has 0 spiro atoms. The van der Waals surface area contributed by atoms with Gasteiger partial charge in [-0.15, -0.1) is 0 Å². The third-order valence-electron chi connectivity index (χ3n) is 5.18. The number of ether oxygens (including phenoxy) is 1. The summed E-state index contributed by atoms with van der Waals surface area (Å²) in [5.74, 6) is 1.39. The molecule has 0 bridgehead atoms. The molecule has 2 unspecified atom stereocenters. The first-order valence-electron chi connectivity index (χ1n) is 9.00. The number of unbranched alkanes of at least 4 members (excludes halogenated alkanes) is 1. The van der Waals surface area contributed by atoms with Gasteiger partial charge in [0.05, 0.1) is 12.7 Å². The first kappa shape index (κ1) is 18.9. The van der Waals surface area contributed by atoms with E-state index in [1.165, 1.54) is 38.5 Å². The SMILES string of the molecule is CCCCC(CC)COCC(O)CNCC1(C(C)C)CC1. The predicted octanol–water partition coefficient (Wildman–Crippen LogP) is 3.61. The van der Waals surface area contributed by atoms with Crippen molar-refractivity contribution in [2.24, 2.45) is 17.3 Å². The minimum Gasteiger partial charge on any atom is -0.389 e. The van der Waals surface area contributed by atoms with Gasteiger partial charge < -0.3 is 15.2 Å². The summed E-state index contributed by atoms with van der Waals surface area (Å²) in [6.07, 6.45) is 7.24. The number of aliphatic hydroxyl groups is 1. The van der Waals surface area contributed by atoms with Crippen molar-refractivity contribution in [1.82, 2.24) is 5.32 Å². The van der Waals surface area contributed by atoms with Crippen LogP contribution in [0.25, 0.3) is 0 Å². The van der Waals surface area contributed by atoms with Gasteiger partial charge in [-0.25, -0.2) is 0 Å². The average molecular weight is 299 g/mol. The van der Waals surface area contributed by atoms with Crippen LogP contribution in [-0.2, 0) is 4.74 Å². The van der Waals surface area contributed by atoms with Gasteiger partial charge in [0, 0.05) is 19.7 Å². The Labute approximate surface area is 131 Å². The van der Waals surface area contributed by atoms with Crippen LogP contribution >= 0.6 is 0 Å². The zero-order chi connectivity index (χ0) is 15.7. The van der Waals surface area contributed by atoms with Crippen molar-refractivity contribution < 1.29 is 9.84 Å². The third kappa shape index (κ3) is 7.12. The van der Waals surface area contributed by atoms with Crippen molar-refractivity contribution in [1.29, 1.82) is 0 Å². The van der Waals surface area contributed by atoms with E-state index in [9.17, 15) is 5.11 Å². The van der Waals surface area contributed by atoms with Crippen molar-refractivity contribution in [2.45, 2.75) is 72.3 Å². The van der Waals surface area contributed by atoms with Crippen LogP contribution in [0, 0.1) is 17.3 Å². The second kappa shape index (κ2) is 9.81. The predicted molar refractivity (Wildman–Crippen MR) is 89.5 cm³/mol. The van der Waals surface area contributed by atoms with Crippen LogP contribution in [0.1, 0.15) is 66.2 Å². The van der Waals surface area contributed by atoms with Crippen molar-refractivity contribution in [3.05, 3.63) is 0 Å². The van der Waals surface area contributed by atoms with Gasteiger partial charge in [0.15, 0.2) is 0 Å². The maximum atomic E-state index is 9.98. The molecule has 21 heavy (non-hydrogen) atoms. The van der Waals surface area contributed by atoms with Crippen molar-refractivity contribution in [3.8, 4) is 0 Å². The zero-order valence-electron chi connectivity index (χ0n) is 14.7. The van der Waals surface area contributed by atoms with Crippen LogP contribution in [0.5, 0.6) is 0 Å². The fourth-order valence-electron chi connectivity index (χ4n) is 2.93. The first-order chi connectivity index (χ1) is 10.0. The summed E-state index contributed by atoms with van der Waals surface area (Å²) in [7, 11) is 0. The van der Waals surface area contributed by atoms with E-state index in [0.717, 1.165) is 19.1 Å². The molecule has 1 rings (SSSR count). The summed E-state index contributed by atoms with van der Waals surface area (Å²) in [5, 5.41) is 13.4. The Hall–Kier alpha value is -0.120. The highest BCUT2D eigenvalue weighted by Crippen LogP contribution is 2.51. The van der Waals surface area contributed by atoms with Crippen molar-refractivity contribution >= 4 is 0 Å². The maximum Gasteiger partial charge on any atom is 0.0897 e. The minimum atomic E-state index is -0.378. The van der Waals surface area contributed by atoms with E-state index in [0.29, 0.717) is 24.5 Å². The summed E-state index contributed by atoms with van der Waals surface area (Å²) in [6.45, 7) is 12.0. The third-order valence-corrected chi connectivity index (χ3v) is 5.18. The molecular formula is C18H37NO2. The molecular weight excluding hydrogens is 262 g/mol. The molecule has 2 N–H and O–H groups in total. The van der Waals surface area contributed by atoms with Crippen molar-refractivity contribution in [2.75, 3.05) is 26.3 Å². The van der Waals surface area contributed by atoms with Gasteiger partial charge in [-0.05, 0) is 36.5 Å². The summed E-state index contributed by atoms with van der Waals surface area (Å²) in [6, 6.07) is 0. The van der Waals surface area contributed by atoms with Gasteiger partial charge in [-0.2, -0.15) is 0 Å². The molecule has 0 aromatic carbocycles. The summed E-state index contributed by atoms with van der Waals surface area (Å²) in [5.41, 5.74) is 0.508. The zero-order valence-corrected chi connectivity index (χ0v) is 14.7. The monoisotopic (exact) mass is 299 g/mol. The minimum absolute atomic E-state index is 0.378. The quantitative estimate of drug-likeness (QED) is 0.546. The second-order valence-corrected chi connectivity index (χ2v) is 7.26. The fraction of sp³-hybridized carbons (Fsp3) is 1.00.